The number of aryl methyl sites for hydroxylation is 1. The zero-order chi connectivity index (χ0) is 12.5. The van der Waals surface area contributed by atoms with Crippen molar-refractivity contribution in [2.75, 3.05) is 0 Å². The lowest BCUT2D eigenvalue weighted by Gasteiger charge is -1.97. The van der Waals surface area contributed by atoms with Crippen molar-refractivity contribution in [3.63, 3.8) is 0 Å². The molecule has 1 aromatic carbocycles. The van der Waals surface area contributed by atoms with Gasteiger partial charge in [0.2, 0.25) is 5.78 Å². The van der Waals surface area contributed by atoms with E-state index in [-0.39, 0.29) is 5.78 Å². The molecular formula is C15H11NO2. The highest BCUT2D eigenvalue weighted by molar-refractivity contribution is 6.08. The normalized spacial score (nSPS) is 10.7. The number of fused-ring (bicyclic) bond motifs is 1. The highest BCUT2D eigenvalue weighted by Crippen LogP contribution is 2.21. The van der Waals surface area contributed by atoms with Crippen molar-refractivity contribution < 1.29 is 9.21 Å². The first-order valence-corrected chi connectivity index (χ1v) is 5.70. The Morgan fingerprint density at radius 1 is 1.17 bits per heavy atom. The van der Waals surface area contributed by atoms with Gasteiger partial charge in [-0.15, -0.1) is 0 Å². The number of ketones is 1. The van der Waals surface area contributed by atoms with E-state index in [1.54, 1.807) is 24.4 Å². The summed E-state index contributed by atoms with van der Waals surface area (Å²) in [7, 11) is 0. The fraction of sp³-hybridized carbons (Fsp3) is 0.0667. The Balaban J connectivity index is 2.06. The highest BCUT2D eigenvalue weighted by Gasteiger charge is 2.14. The van der Waals surface area contributed by atoms with Crippen LogP contribution >= 0.6 is 0 Å². The summed E-state index contributed by atoms with van der Waals surface area (Å²) in [6, 6.07) is 12.8. The zero-order valence-electron chi connectivity index (χ0n) is 9.88. The molecule has 88 valence electrons. The first-order valence-electron chi connectivity index (χ1n) is 5.70. The van der Waals surface area contributed by atoms with Crippen molar-refractivity contribution in [3.05, 3.63) is 65.7 Å². The molecule has 0 aliphatic carbocycles. The molecule has 2 aromatic heterocycles. The molecule has 0 atom stereocenters. The topological polar surface area (TPSA) is 43.1 Å². The lowest BCUT2D eigenvalue weighted by molar-refractivity contribution is 0.101. The summed E-state index contributed by atoms with van der Waals surface area (Å²) in [4.78, 5) is 16.3. The number of para-hydroxylation sites is 1. The van der Waals surface area contributed by atoms with Gasteiger partial charge in [0.15, 0.2) is 5.76 Å². The molecule has 3 nitrogen and oxygen atoms in total. The molecule has 3 rings (SSSR count). The molecule has 0 unspecified atom stereocenters. The predicted octanol–water partition coefficient (Wildman–Crippen LogP) is 3.37. The van der Waals surface area contributed by atoms with Gasteiger partial charge in [0.05, 0.1) is 0 Å². The number of benzene rings is 1. The molecule has 18 heavy (non-hydrogen) atoms. The van der Waals surface area contributed by atoms with Gasteiger partial charge in [0, 0.05) is 22.8 Å². The van der Waals surface area contributed by atoms with E-state index in [0.717, 1.165) is 16.7 Å². The summed E-state index contributed by atoms with van der Waals surface area (Å²) in [5.74, 6) is 0.249. The maximum absolute atomic E-state index is 12.2. The summed E-state index contributed by atoms with van der Waals surface area (Å²) < 4.78 is 5.55. The maximum atomic E-state index is 12.2. The van der Waals surface area contributed by atoms with Gasteiger partial charge in [0.25, 0.3) is 0 Å². The number of hydrogen-bond donors (Lipinski definition) is 0. The number of carbonyl (C=O) groups excluding carboxylic acids is 1. The van der Waals surface area contributed by atoms with Crippen LogP contribution in [0.5, 0.6) is 0 Å². The van der Waals surface area contributed by atoms with Crippen LogP contribution in [0.2, 0.25) is 0 Å². The Kier molecular flexibility index (Phi) is 2.45. The van der Waals surface area contributed by atoms with Gasteiger partial charge >= 0.3 is 0 Å². The molecule has 0 N–H and O–H groups in total. The minimum Gasteiger partial charge on any atom is -0.453 e. The van der Waals surface area contributed by atoms with Crippen LogP contribution in [0.3, 0.4) is 0 Å². The minimum absolute atomic E-state index is 0.114. The van der Waals surface area contributed by atoms with Gasteiger partial charge in [-0.2, -0.15) is 0 Å². The van der Waals surface area contributed by atoms with Crippen LogP contribution in [0.4, 0.5) is 0 Å². The first kappa shape index (κ1) is 10.7. The number of carbonyl (C=O) groups is 1. The Morgan fingerprint density at radius 2 is 2.00 bits per heavy atom. The zero-order valence-corrected chi connectivity index (χ0v) is 9.88. The SMILES string of the molecule is Cc1cc(C(=O)c2cc3ccccc3o2)ccn1. The predicted molar refractivity (Wildman–Crippen MR) is 68.6 cm³/mol. The molecule has 0 saturated heterocycles. The van der Waals surface area contributed by atoms with Gasteiger partial charge in [-0.1, -0.05) is 18.2 Å². The van der Waals surface area contributed by atoms with Crippen molar-refractivity contribution in [2.24, 2.45) is 0 Å². The maximum Gasteiger partial charge on any atom is 0.228 e. The summed E-state index contributed by atoms with van der Waals surface area (Å²) >= 11 is 0. The van der Waals surface area contributed by atoms with Crippen LogP contribution in [0.25, 0.3) is 11.0 Å². The Labute approximate surface area is 104 Å². The standard InChI is InChI=1S/C15H11NO2/c1-10-8-12(6-7-16-10)15(17)14-9-11-4-2-3-5-13(11)18-14/h2-9H,1H3. The summed E-state index contributed by atoms with van der Waals surface area (Å²) in [6.45, 7) is 1.86. The number of rotatable bonds is 2. The molecule has 3 heteroatoms. The fourth-order valence-electron chi connectivity index (χ4n) is 1.92. The monoisotopic (exact) mass is 237 g/mol. The van der Waals surface area contributed by atoms with E-state index in [4.69, 9.17) is 4.42 Å². The lowest BCUT2D eigenvalue weighted by atomic mass is 10.1. The minimum atomic E-state index is -0.114. The Hall–Kier alpha value is -2.42. The Morgan fingerprint density at radius 3 is 2.78 bits per heavy atom. The number of hydrogen-bond acceptors (Lipinski definition) is 3. The van der Waals surface area contributed by atoms with E-state index in [9.17, 15) is 4.79 Å². The molecule has 0 spiro atoms. The quantitative estimate of drug-likeness (QED) is 0.642. The first-order chi connectivity index (χ1) is 8.74. The van der Waals surface area contributed by atoms with Crippen molar-refractivity contribution >= 4 is 16.8 Å². The summed E-state index contributed by atoms with van der Waals surface area (Å²) in [5.41, 5.74) is 2.14. The molecule has 3 aromatic rings. The molecule has 2 heterocycles. The van der Waals surface area contributed by atoms with E-state index in [0.29, 0.717) is 11.3 Å². The van der Waals surface area contributed by atoms with Crippen LogP contribution in [-0.2, 0) is 0 Å². The number of furan rings is 1. The number of aromatic nitrogens is 1. The van der Waals surface area contributed by atoms with E-state index in [1.165, 1.54) is 0 Å². The summed E-state index contributed by atoms with van der Waals surface area (Å²) in [6.07, 6.45) is 1.63. The van der Waals surface area contributed by atoms with Crippen LogP contribution in [0.1, 0.15) is 21.8 Å². The second-order valence-electron chi connectivity index (χ2n) is 4.16. The van der Waals surface area contributed by atoms with Crippen LogP contribution in [-0.4, -0.2) is 10.8 Å². The van der Waals surface area contributed by atoms with Crippen molar-refractivity contribution in [3.8, 4) is 0 Å². The van der Waals surface area contributed by atoms with Crippen LogP contribution in [0.15, 0.2) is 53.1 Å². The Bertz CT molecular complexity index is 695. The van der Waals surface area contributed by atoms with E-state index >= 15 is 0 Å². The van der Waals surface area contributed by atoms with Gasteiger partial charge in [-0.3, -0.25) is 9.78 Å². The molecule has 0 fully saturated rings. The number of pyridine rings is 1. The molecule has 0 aliphatic rings. The molecule has 0 bridgehead atoms. The summed E-state index contributed by atoms with van der Waals surface area (Å²) in [5, 5.41) is 0.937. The van der Waals surface area contributed by atoms with Crippen molar-refractivity contribution in [1.29, 1.82) is 0 Å². The smallest absolute Gasteiger partial charge is 0.228 e. The van der Waals surface area contributed by atoms with E-state index in [1.807, 2.05) is 31.2 Å². The van der Waals surface area contributed by atoms with Crippen molar-refractivity contribution in [1.82, 2.24) is 4.98 Å². The lowest BCUT2D eigenvalue weighted by Crippen LogP contribution is -2.00. The van der Waals surface area contributed by atoms with Crippen LogP contribution in [0, 0.1) is 6.92 Å². The van der Waals surface area contributed by atoms with Crippen molar-refractivity contribution in [2.45, 2.75) is 6.92 Å². The van der Waals surface area contributed by atoms with E-state index < -0.39 is 0 Å². The largest absolute Gasteiger partial charge is 0.453 e. The second kappa shape index (κ2) is 4.11. The van der Waals surface area contributed by atoms with Gasteiger partial charge in [-0.25, -0.2) is 0 Å². The third-order valence-corrected chi connectivity index (χ3v) is 2.81. The molecule has 0 amide bonds. The van der Waals surface area contributed by atoms with Gasteiger partial charge in [-0.05, 0) is 31.2 Å². The van der Waals surface area contributed by atoms with Gasteiger partial charge < -0.3 is 4.42 Å². The molecule has 0 saturated carbocycles. The third-order valence-electron chi connectivity index (χ3n) is 2.81. The molecular weight excluding hydrogens is 226 g/mol. The van der Waals surface area contributed by atoms with E-state index in [2.05, 4.69) is 4.98 Å². The molecule has 0 aliphatic heterocycles. The second-order valence-corrected chi connectivity index (χ2v) is 4.16. The fourth-order valence-corrected chi connectivity index (χ4v) is 1.92. The average molecular weight is 237 g/mol. The van der Waals surface area contributed by atoms with Gasteiger partial charge in [0.1, 0.15) is 5.58 Å². The third kappa shape index (κ3) is 1.80. The average Bonchev–Trinajstić information content (AvgIpc) is 2.81. The van der Waals surface area contributed by atoms with Crippen LogP contribution < -0.4 is 0 Å². The number of nitrogens with zero attached hydrogens (tertiary/aromatic N) is 1. The highest BCUT2D eigenvalue weighted by atomic mass is 16.3. The molecule has 0 radical (unpaired) electrons.